The predicted octanol–water partition coefficient (Wildman–Crippen LogP) is 4.74. The fraction of sp³-hybridized carbons (Fsp3) is 0.188. The summed E-state index contributed by atoms with van der Waals surface area (Å²) in [5.41, 5.74) is 1.30. The van der Waals surface area contributed by atoms with Gasteiger partial charge in [-0.3, -0.25) is 4.79 Å². The Morgan fingerprint density at radius 3 is 2.57 bits per heavy atom. The highest BCUT2D eigenvalue weighted by molar-refractivity contribution is 7.99. The van der Waals surface area contributed by atoms with Gasteiger partial charge in [0.2, 0.25) is 5.91 Å². The summed E-state index contributed by atoms with van der Waals surface area (Å²) in [4.78, 5) is 12.0. The second-order valence-electron chi connectivity index (χ2n) is 4.55. The van der Waals surface area contributed by atoms with E-state index in [2.05, 4.69) is 5.32 Å². The fourth-order valence-corrected chi connectivity index (χ4v) is 2.65. The average Bonchev–Trinajstić information content (AvgIpc) is 2.48. The van der Waals surface area contributed by atoms with Crippen molar-refractivity contribution >= 4 is 35.0 Å². The Bertz CT molecular complexity index is 618. The molecule has 21 heavy (non-hydrogen) atoms. The van der Waals surface area contributed by atoms with Crippen LogP contribution in [0.3, 0.4) is 0 Å². The molecule has 0 heterocycles. The summed E-state index contributed by atoms with van der Waals surface area (Å²) in [5.74, 6) is 0.0584. The predicted molar refractivity (Wildman–Crippen MR) is 87.2 cm³/mol. The lowest BCUT2D eigenvalue weighted by Crippen LogP contribution is -2.23. The van der Waals surface area contributed by atoms with Crippen LogP contribution in [0.4, 0.5) is 10.1 Å². The number of carbonyl (C=O) groups excluding carboxylic acids is 1. The quantitative estimate of drug-likeness (QED) is 0.861. The molecule has 2 aromatic carbocycles. The van der Waals surface area contributed by atoms with Gasteiger partial charge in [0.1, 0.15) is 5.82 Å². The summed E-state index contributed by atoms with van der Waals surface area (Å²) in [6, 6.07) is 13.6. The Morgan fingerprint density at radius 1 is 1.24 bits per heavy atom. The number of carbonyl (C=O) groups is 1. The maximum Gasteiger partial charge on any atom is 0.237 e. The zero-order chi connectivity index (χ0) is 15.2. The monoisotopic (exact) mass is 323 g/mol. The number of thioether (sulfide) groups is 1. The van der Waals surface area contributed by atoms with Gasteiger partial charge >= 0.3 is 0 Å². The first-order valence-corrected chi connectivity index (χ1v) is 7.90. The van der Waals surface area contributed by atoms with E-state index in [0.29, 0.717) is 10.8 Å². The molecule has 2 nitrogen and oxygen atoms in total. The van der Waals surface area contributed by atoms with Crippen LogP contribution in [-0.4, -0.2) is 11.2 Å². The van der Waals surface area contributed by atoms with Gasteiger partial charge in [0, 0.05) is 10.8 Å². The molecule has 0 saturated carbocycles. The summed E-state index contributed by atoms with van der Waals surface area (Å²) < 4.78 is 13.5. The van der Waals surface area contributed by atoms with E-state index >= 15 is 0 Å². The standard InChI is InChI=1S/C16H15ClFNOS/c1-11(21-10-12-6-8-13(17)9-7-12)16(20)19-15-5-3-2-4-14(15)18/h2-9,11H,10H2,1H3,(H,19,20)/t11-/m0/s1. The Morgan fingerprint density at radius 2 is 1.90 bits per heavy atom. The molecule has 1 amide bonds. The van der Waals surface area contributed by atoms with Crippen molar-refractivity contribution in [2.45, 2.75) is 17.9 Å². The molecule has 110 valence electrons. The number of halogens is 2. The molecule has 0 spiro atoms. The van der Waals surface area contributed by atoms with Crippen LogP contribution >= 0.6 is 23.4 Å². The molecule has 1 N–H and O–H groups in total. The molecule has 0 radical (unpaired) electrons. The molecule has 0 aliphatic rings. The normalized spacial score (nSPS) is 12.0. The molecule has 0 fully saturated rings. The van der Waals surface area contributed by atoms with Crippen LogP contribution in [0.1, 0.15) is 12.5 Å². The number of hydrogen-bond acceptors (Lipinski definition) is 2. The van der Waals surface area contributed by atoms with Crippen molar-refractivity contribution in [3.8, 4) is 0 Å². The third-order valence-corrected chi connectivity index (χ3v) is 4.38. The molecule has 1 atom stereocenters. The lowest BCUT2D eigenvalue weighted by molar-refractivity contribution is -0.115. The highest BCUT2D eigenvalue weighted by atomic mass is 35.5. The number of anilines is 1. The first-order chi connectivity index (χ1) is 10.1. The molecule has 0 aliphatic heterocycles. The summed E-state index contributed by atoms with van der Waals surface area (Å²) in [6.07, 6.45) is 0. The summed E-state index contributed by atoms with van der Waals surface area (Å²) in [5, 5.41) is 3.01. The Balaban J connectivity index is 1.88. The minimum atomic E-state index is -0.430. The van der Waals surface area contributed by atoms with Gasteiger partial charge in [-0.1, -0.05) is 35.9 Å². The van der Waals surface area contributed by atoms with Gasteiger partial charge in [0.05, 0.1) is 10.9 Å². The SMILES string of the molecule is C[C@H](SCc1ccc(Cl)cc1)C(=O)Nc1ccccc1F. The van der Waals surface area contributed by atoms with Crippen molar-refractivity contribution in [3.63, 3.8) is 0 Å². The van der Waals surface area contributed by atoms with Gasteiger partial charge in [-0.2, -0.15) is 0 Å². The van der Waals surface area contributed by atoms with E-state index in [4.69, 9.17) is 11.6 Å². The van der Waals surface area contributed by atoms with Crippen molar-refractivity contribution in [2.24, 2.45) is 0 Å². The molecule has 0 bridgehead atoms. The number of hydrogen-bond donors (Lipinski definition) is 1. The Kier molecular flexibility index (Phi) is 5.65. The third-order valence-electron chi connectivity index (χ3n) is 2.91. The minimum Gasteiger partial charge on any atom is -0.323 e. The molecule has 5 heteroatoms. The number of amides is 1. The smallest absolute Gasteiger partial charge is 0.237 e. The highest BCUT2D eigenvalue weighted by Crippen LogP contribution is 2.21. The summed E-state index contributed by atoms with van der Waals surface area (Å²) >= 11 is 7.31. The zero-order valence-corrected chi connectivity index (χ0v) is 13.0. The van der Waals surface area contributed by atoms with Crippen LogP contribution in [0, 0.1) is 5.82 Å². The lowest BCUT2D eigenvalue weighted by atomic mass is 10.2. The van der Waals surface area contributed by atoms with E-state index in [1.807, 2.05) is 24.3 Å². The fourth-order valence-electron chi connectivity index (χ4n) is 1.67. The third kappa shape index (κ3) is 4.76. The minimum absolute atomic E-state index is 0.209. The van der Waals surface area contributed by atoms with Crippen LogP contribution < -0.4 is 5.32 Å². The first-order valence-electron chi connectivity index (χ1n) is 6.47. The second-order valence-corrected chi connectivity index (χ2v) is 6.31. The molecular weight excluding hydrogens is 309 g/mol. The van der Waals surface area contributed by atoms with E-state index in [9.17, 15) is 9.18 Å². The number of nitrogens with one attached hydrogen (secondary N) is 1. The molecule has 2 rings (SSSR count). The van der Waals surface area contributed by atoms with Gasteiger partial charge in [-0.15, -0.1) is 11.8 Å². The Hall–Kier alpha value is -1.52. The van der Waals surface area contributed by atoms with E-state index in [1.54, 1.807) is 25.1 Å². The maximum atomic E-state index is 13.5. The molecule has 0 saturated heterocycles. The number of para-hydroxylation sites is 1. The first kappa shape index (κ1) is 15.9. The van der Waals surface area contributed by atoms with E-state index in [1.165, 1.54) is 17.8 Å². The molecular formula is C16H15ClFNOS. The van der Waals surface area contributed by atoms with Crippen LogP contribution in [0.5, 0.6) is 0 Å². The molecule has 0 unspecified atom stereocenters. The van der Waals surface area contributed by atoms with Gasteiger partial charge in [0.15, 0.2) is 0 Å². The van der Waals surface area contributed by atoms with Crippen molar-refractivity contribution in [1.29, 1.82) is 0 Å². The van der Waals surface area contributed by atoms with Crippen molar-refractivity contribution in [2.75, 3.05) is 5.32 Å². The van der Waals surface area contributed by atoms with Crippen LogP contribution in [0.15, 0.2) is 48.5 Å². The van der Waals surface area contributed by atoms with Crippen LogP contribution in [-0.2, 0) is 10.5 Å². The van der Waals surface area contributed by atoms with Crippen molar-refractivity contribution in [1.82, 2.24) is 0 Å². The van der Waals surface area contributed by atoms with Crippen LogP contribution in [0.2, 0.25) is 5.02 Å². The van der Waals surface area contributed by atoms with Crippen LogP contribution in [0.25, 0.3) is 0 Å². The van der Waals surface area contributed by atoms with Crippen molar-refractivity contribution in [3.05, 3.63) is 64.9 Å². The summed E-state index contributed by atoms with van der Waals surface area (Å²) in [6.45, 7) is 1.80. The molecule has 0 aliphatic carbocycles. The maximum absolute atomic E-state index is 13.5. The van der Waals surface area contributed by atoms with E-state index in [-0.39, 0.29) is 16.8 Å². The molecule has 0 aromatic heterocycles. The number of benzene rings is 2. The van der Waals surface area contributed by atoms with Crippen molar-refractivity contribution < 1.29 is 9.18 Å². The van der Waals surface area contributed by atoms with Gasteiger partial charge in [0.25, 0.3) is 0 Å². The second kappa shape index (κ2) is 7.48. The topological polar surface area (TPSA) is 29.1 Å². The summed E-state index contributed by atoms with van der Waals surface area (Å²) in [7, 11) is 0. The van der Waals surface area contributed by atoms with Gasteiger partial charge < -0.3 is 5.32 Å². The molecule has 2 aromatic rings. The lowest BCUT2D eigenvalue weighted by Gasteiger charge is -2.12. The van der Waals surface area contributed by atoms with E-state index in [0.717, 1.165) is 5.56 Å². The largest absolute Gasteiger partial charge is 0.323 e. The van der Waals surface area contributed by atoms with Gasteiger partial charge in [-0.25, -0.2) is 4.39 Å². The number of rotatable bonds is 5. The Labute approximate surface area is 132 Å². The highest BCUT2D eigenvalue weighted by Gasteiger charge is 2.15. The van der Waals surface area contributed by atoms with E-state index < -0.39 is 5.82 Å². The van der Waals surface area contributed by atoms with Gasteiger partial charge in [-0.05, 0) is 36.8 Å². The average molecular weight is 324 g/mol. The zero-order valence-electron chi connectivity index (χ0n) is 11.5.